The summed E-state index contributed by atoms with van der Waals surface area (Å²) in [7, 11) is 0. The molecule has 0 aliphatic rings. The topological polar surface area (TPSA) is 26.3 Å². The number of ether oxygens (including phenoxy) is 1. The van der Waals surface area contributed by atoms with Crippen LogP contribution in [0.3, 0.4) is 0 Å². The molecule has 0 aromatic carbocycles. The van der Waals surface area contributed by atoms with Crippen molar-refractivity contribution in [3.63, 3.8) is 0 Å². The van der Waals surface area contributed by atoms with Gasteiger partial charge in [0.1, 0.15) is 0 Å². The normalized spacial score (nSPS) is 12.3. The van der Waals surface area contributed by atoms with Crippen LogP contribution in [0.25, 0.3) is 0 Å². The van der Waals surface area contributed by atoms with E-state index in [0.29, 0.717) is 18.9 Å². The van der Waals surface area contributed by atoms with E-state index in [1.54, 1.807) is 0 Å². The average molecular weight is 283 g/mol. The Hall–Kier alpha value is -0.530. The minimum absolute atomic E-state index is 0.00170. The maximum atomic E-state index is 11.6. The average Bonchev–Trinajstić information content (AvgIpc) is 2.46. The second-order valence-electron chi connectivity index (χ2n) is 5.81. The lowest BCUT2D eigenvalue weighted by Gasteiger charge is -2.14. The van der Waals surface area contributed by atoms with Gasteiger partial charge in [-0.25, -0.2) is 0 Å². The van der Waals surface area contributed by atoms with Crippen LogP contribution in [0.2, 0.25) is 0 Å². The Morgan fingerprint density at radius 3 is 2.40 bits per heavy atom. The zero-order valence-corrected chi connectivity index (χ0v) is 14.0. The molecule has 0 fully saturated rings. The van der Waals surface area contributed by atoms with Crippen molar-refractivity contribution < 1.29 is 9.53 Å². The maximum Gasteiger partial charge on any atom is 0.305 e. The van der Waals surface area contributed by atoms with E-state index < -0.39 is 0 Å². The molecule has 2 nitrogen and oxygen atoms in total. The second-order valence-corrected chi connectivity index (χ2v) is 5.81. The zero-order valence-electron chi connectivity index (χ0n) is 14.0. The van der Waals surface area contributed by atoms with E-state index in [-0.39, 0.29) is 5.97 Å². The van der Waals surface area contributed by atoms with Gasteiger partial charge in [-0.3, -0.25) is 4.79 Å². The maximum absolute atomic E-state index is 11.6. The SMILES string of the molecule is C[CH]CCCCCCCC(=O)OCC(CC)CCCC. The summed E-state index contributed by atoms with van der Waals surface area (Å²) in [4.78, 5) is 11.6. The third-order valence-electron chi connectivity index (χ3n) is 3.90. The van der Waals surface area contributed by atoms with Crippen LogP contribution in [0.5, 0.6) is 0 Å². The van der Waals surface area contributed by atoms with E-state index in [1.165, 1.54) is 44.9 Å². The van der Waals surface area contributed by atoms with Gasteiger partial charge in [-0.2, -0.15) is 0 Å². The number of rotatable bonds is 14. The molecule has 0 saturated carbocycles. The first-order chi connectivity index (χ1) is 9.74. The first-order valence-electron chi connectivity index (χ1n) is 8.68. The van der Waals surface area contributed by atoms with E-state index in [9.17, 15) is 4.79 Å². The monoisotopic (exact) mass is 283 g/mol. The third kappa shape index (κ3) is 12.5. The molecule has 0 N–H and O–H groups in total. The molecule has 0 amide bonds. The smallest absolute Gasteiger partial charge is 0.305 e. The molecule has 1 unspecified atom stereocenters. The highest BCUT2D eigenvalue weighted by molar-refractivity contribution is 5.69. The quantitative estimate of drug-likeness (QED) is 0.302. The van der Waals surface area contributed by atoms with E-state index in [2.05, 4.69) is 27.2 Å². The summed E-state index contributed by atoms with van der Waals surface area (Å²) in [6.07, 6.45) is 14.8. The molecular formula is C18H35O2. The van der Waals surface area contributed by atoms with Crippen LogP contribution in [-0.2, 0) is 9.53 Å². The molecule has 0 heterocycles. The lowest BCUT2D eigenvalue weighted by molar-refractivity contribution is -0.145. The number of esters is 1. The van der Waals surface area contributed by atoms with Crippen LogP contribution in [0, 0.1) is 12.3 Å². The summed E-state index contributed by atoms with van der Waals surface area (Å²) in [5, 5.41) is 0. The molecule has 0 saturated heterocycles. The molecule has 0 bridgehead atoms. The Balaban J connectivity index is 3.43. The van der Waals surface area contributed by atoms with Crippen LogP contribution in [0.1, 0.15) is 91.4 Å². The fourth-order valence-electron chi connectivity index (χ4n) is 2.33. The molecule has 1 radical (unpaired) electrons. The predicted octanol–water partition coefficient (Wildman–Crippen LogP) is 5.70. The standard InChI is InChI=1S/C18H35O2/c1-4-7-9-10-11-12-13-15-18(19)20-16-17(6-3)14-8-5-2/h4,17H,5-16H2,1-3H3. The van der Waals surface area contributed by atoms with Gasteiger partial charge in [0.05, 0.1) is 6.61 Å². The Labute approximate surface area is 126 Å². The fourth-order valence-corrected chi connectivity index (χ4v) is 2.33. The Morgan fingerprint density at radius 2 is 1.75 bits per heavy atom. The van der Waals surface area contributed by atoms with Crippen molar-refractivity contribution in [3.05, 3.63) is 6.42 Å². The molecule has 0 aliphatic heterocycles. The van der Waals surface area contributed by atoms with Crippen LogP contribution in [0.15, 0.2) is 0 Å². The van der Waals surface area contributed by atoms with E-state index >= 15 is 0 Å². The molecule has 20 heavy (non-hydrogen) atoms. The first kappa shape index (κ1) is 19.5. The van der Waals surface area contributed by atoms with Crippen LogP contribution in [-0.4, -0.2) is 12.6 Å². The number of unbranched alkanes of at least 4 members (excludes halogenated alkanes) is 7. The molecule has 0 aliphatic carbocycles. The Kier molecular flexibility index (Phi) is 14.5. The number of carbonyl (C=O) groups is 1. The summed E-state index contributed by atoms with van der Waals surface area (Å²) in [5.41, 5.74) is 0. The highest BCUT2D eigenvalue weighted by Gasteiger charge is 2.09. The highest BCUT2D eigenvalue weighted by atomic mass is 16.5. The van der Waals surface area contributed by atoms with Crippen LogP contribution < -0.4 is 0 Å². The zero-order chi connectivity index (χ0) is 15.1. The molecule has 0 rings (SSSR count). The van der Waals surface area contributed by atoms with Crippen LogP contribution >= 0.6 is 0 Å². The van der Waals surface area contributed by atoms with Gasteiger partial charge in [0, 0.05) is 6.42 Å². The molecular weight excluding hydrogens is 248 g/mol. The van der Waals surface area contributed by atoms with E-state index in [1.807, 2.05) is 0 Å². The van der Waals surface area contributed by atoms with Crippen molar-refractivity contribution in [2.24, 2.45) is 5.92 Å². The van der Waals surface area contributed by atoms with Gasteiger partial charge in [-0.15, -0.1) is 0 Å². The van der Waals surface area contributed by atoms with E-state index in [0.717, 1.165) is 19.3 Å². The molecule has 0 spiro atoms. The first-order valence-corrected chi connectivity index (χ1v) is 8.68. The lowest BCUT2D eigenvalue weighted by atomic mass is 10.0. The Morgan fingerprint density at radius 1 is 1.05 bits per heavy atom. The van der Waals surface area contributed by atoms with Crippen molar-refractivity contribution >= 4 is 5.97 Å². The highest BCUT2D eigenvalue weighted by Crippen LogP contribution is 2.14. The molecule has 2 heteroatoms. The van der Waals surface area contributed by atoms with Gasteiger partial charge in [-0.05, 0) is 25.2 Å². The third-order valence-corrected chi connectivity index (χ3v) is 3.90. The van der Waals surface area contributed by atoms with E-state index in [4.69, 9.17) is 4.74 Å². The Bertz CT molecular complexity index is 213. The van der Waals surface area contributed by atoms with Gasteiger partial charge < -0.3 is 4.74 Å². The molecule has 119 valence electrons. The molecule has 0 aromatic heterocycles. The van der Waals surface area contributed by atoms with Gasteiger partial charge in [0.25, 0.3) is 0 Å². The summed E-state index contributed by atoms with van der Waals surface area (Å²) in [6.45, 7) is 7.13. The summed E-state index contributed by atoms with van der Waals surface area (Å²) < 4.78 is 5.39. The summed E-state index contributed by atoms with van der Waals surface area (Å²) in [6, 6.07) is 0. The van der Waals surface area contributed by atoms with Crippen molar-refractivity contribution in [1.29, 1.82) is 0 Å². The van der Waals surface area contributed by atoms with Crippen molar-refractivity contribution in [3.8, 4) is 0 Å². The van der Waals surface area contributed by atoms with Gasteiger partial charge in [0.2, 0.25) is 0 Å². The van der Waals surface area contributed by atoms with Gasteiger partial charge in [0.15, 0.2) is 0 Å². The summed E-state index contributed by atoms with van der Waals surface area (Å²) >= 11 is 0. The van der Waals surface area contributed by atoms with Gasteiger partial charge >= 0.3 is 5.97 Å². The minimum atomic E-state index is 0.00170. The molecule has 1 atom stereocenters. The van der Waals surface area contributed by atoms with Crippen molar-refractivity contribution in [1.82, 2.24) is 0 Å². The largest absolute Gasteiger partial charge is 0.465 e. The van der Waals surface area contributed by atoms with Crippen molar-refractivity contribution in [2.75, 3.05) is 6.61 Å². The van der Waals surface area contributed by atoms with Gasteiger partial charge in [-0.1, -0.05) is 72.1 Å². The summed E-state index contributed by atoms with van der Waals surface area (Å²) in [5.74, 6) is 0.561. The lowest BCUT2D eigenvalue weighted by Crippen LogP contribution is -2.13. The van der Waals surface area contributed by atoms with Crippen LogP contribution in [0.4, 0.5) is 0 Å². The number of hydrogen-bond donors (Lipinski definition) is 0. The predicted molar refractivity (Wildman–Crippen MR) is 86.6 cm³/mol. The fraction of sp³-hybridized carbons (Fsp3) is 0.889. The molecule has 0 aromatic rings. The second kappa shape index (κ2) is 14.9. The number of carbonyl (C=O) groups excluding carboxylic acids is 1. The number of hydrogen-bond acceptors (Lipinski definition) is 2. The van der Waals surface area contributed by atoms with Crippen molar-refractivity contribution in [2.45, 2.75) is 91.4 Å². The minimum Gasteiger partial charge on any atom is -0.465 e.